The van der Waals surface area contributed by atoms with Crippen LogP contribution in [-0.4, -0.2) is 34.6 Å². The molecule has 4 N–H and O–H groups in total. The molecule has 0 heterocycles. The van der Waals surface area contributed by atoms with Crippen LogP contribution >= 0.6 is 11.6 Å². The number of carboxylic acid groups (broad SMARTS) is 1. The highest BCUT2D eigenvalue weighted by Crippen LogP contribution is 2.21. The maximum atomic E-state index is 12.4. The number of hydrogen-bond acceptors (Lipinski definition) is 3. The normalized spacial score (nSPS) is 12.0. The number of aliphatic carboxylic acids is 1. The van der Waals surface area contributed by atoms with Crippen LogP contribution in [0.3, 0.4) is 0 Å². The lowest BCUT2D eigenvalue weighted by molar-refractivity contribution is -0.139. The van der Waals surface area contributed by atoms with Crippen molar-refractivity contribution in [3.8, 4) is 0 Å². The van der Waals surface area contributed by atoms with E-state index in [1.54, 1.807) is 12.1 Å². The molecule has 0 aliphatic heterocycles. The lowest BCUT2D eigenvalue weighted by Gasteiger charge is -2.21. The zero-order valence-corrected chi connectivity index (χ0v) is 15.8. The zero-order valence-electron chi connectivity index (χ0n) is 15.1. The van der Waals surface area contributed by atoms with Gasteiger partial charge in [0, 0.05) is 11.2 Å². The summed E-state index contributed by atoms with van der Waals surface area (Å²) in [6.07, 6.45) is 2.24. The Labute approximate surface area is 157 Å². The van der Waals surface area contributed by atoms with Crippen molar-refractivity contribution in [2.24, 2.45) is 0 Å². The van der Waals surface area contributed by atoms with E-state index in [1.807, 2.05) is 20.8 Å². The van der Waals surface area contributed by atoms with Crippen LogP contribution in [0.5, 0.6) is 0 Å². The first-order chi connectivity index (χ1) is 12.0. The fourth-order valence-electron chi connectivity index (χ4n) is 2.06. The highest BCUT2D eigenvalue weighted by molar-refractivity contribution is 6.34. The second-order valence-electron chi connectivity index (χ2n) is 6.75. The van der Waals surface area contributed by atoms with E-state index in [-0.39, 0.29) is 17.0 Å². The van der Waals surface area contributed by atoms with Crippen LogP contribution in [0.2, 0.25) is 5.02 Å². The number of carboxylic acids is 1. The molecule has 1 rings (SSSR count). The van der Waals surface area contributed by atoms with Gasteiger partial charge in [0.25, 0.3) is 5.91 Å². The van der Waals surface area contributed by atoms with Gasteiger partial charge in [0.05, 0.1) is 10.6 Å². The van der Waals surface area contributed by atoms with Crippen molar-refractivity contribution < 1.29 is 19.5 Å². The number of anilines is 1. The minimum absolute atomic E-state index is 0.0741. The molecule has 1 atom stereocenters. The van der Waals surface area contributed by atoms with E-state index < -0.39 is 29.5 Å². The number of rotatable bonds is 7. The Morgan fingerprint density at radius 2 is 1.96 bits per heavy atom. The molecule has 0 saturated heterocycles. The molecular formula is C18H24ClN3O4. The van der Waals surface area contributed by atoms with Gasteiger partial charge in [-0.25, -0.2) is 9.59 Å². The number of halogens is 1. The van der Waals surface area contributed by atoms with Gasteiger partial charge >= 0.3 is 12.0 Å². The highest BCUT2D eigenvalue weighted by Gasteiger charge is 2.22. The lowest BCUT2D eigenvalue weighted by atomic mass is 10.1. The Morgan fingerprint density at radius 1 is 1.31 bits per heavy atom. The number of carbonyl (C=O) groups is 3. The lowest BCUT2D eigenvalue weighted by Crippen LogP contribution is -2.43. The standard InChI is InChI=1S/C18H24ClN3O4/c1-5-6-7-14(16(24)25)21-15(23)12-10-11(8-9-13(12)19)20-17(26)22-18(2,3)4/h5,8-10,14H,1,6-7H2,2-4H3,(H,21,23)(H,24,25)(H2,20,22,26). The van der Waals surface area contributed by atoms with Crippen LogP contribution in [-0.2, 0) is 4.79 Å². The summed E-state index contributed by atoms with van der Waals surface area (Å²) in [7, 11) is 0. The topological polar surface area (TPSA) is 108 Å². The van der Waals surface area contributed by atoms with Gasteiger partial charge in [-0.1, -0.05) is 17.7 Å². The third kappa shape index (κ3) is 7.14. The summed E-state index contributed by atoms with van der Waals surface area (Å²) in [5.74, 6) is -1.78. The van der Waals surface area contributed by atoms with Crippen LogP contribution in [0.25, 0.3) is 0 Å². The maximum absolute atomic E-state index is 12.4. The summed E-state index contributed by atoms with van der Waals surface area (Å²) < 4.78 is 0. The van der Waals surface area contributed by atoms with Gasteiger partial charge in [0.2, 0.25) is 0 Å². The maximum Gasteiger partial charge on any atom is 0.326 e. The molecule has 0 saturated carbocycles. The number of nitrogens with one attached hydrogen (secondary N) is 3. The third-order valence-corrected chi connectivity index (χ3v) is 3.55. The molecule has 0 spiro atoms. The number of hydrogen-bond donors (Lipinski definition) is 4. The number of urea groups is 1. The quantitative estimate of drug-likeness (QED) is 0.543. The number of amides is 3. The van der Waals surface area contributed by atoms with E-state index in [2.05, 4.69) is 22.5 Å². The van der Waals surface area contributed by atoms with E-state index in [0.29, 0.717) is 12.1 Å². The molecule has 8 heteroatoms. The van der Waals surface area contributed by atoms with Gasteiger partial charge in [-0.15, -0.1) is 6.58 Å². The molecule has 0 aliphatic carbocycles. The fraction of sp³-hybridized carbons (Fsp3) is 0.389. The number of allylic oxidation sites excluding steroid dienone is 1. The minimum Gasteiger partial charge on any atom is -0.480 e. The van der Waals surface area contributed by atoms with Crippen molar-refractivity contribution in [3.63, 3.8) is 0 Å². The molecule has 26 heavy (non-hydrogen) atoms. The second kappa shape index (κ2) is 9.24. The largest absolute Gasteiger partial charge is 0.480 e. The van der Waals surface area contributed by atoms with Crippen molar-refractivity contribution in [2.45, 2.75) is 45.2 Å². The van der Waals surface area contributed by atoms with Gasteiger partial charge in [-0.05, 0) is 51.8 Å². The van der Waals surface area contributed by atoms with Gasteiger partial charge in [-0.3, -0.25) is 4.79 Å². The van der Waals surface area contributed by atoms with Crippen LogP contribution in [0.4, 0.5) is 10.5 Å². The molecule has 1 aromatic rings. The summed E-state index contributed by atoms with van der Waals surface area (Å²) in [5.41, 5.74) is 0.0145. The summed E-state index contributed by atoms with van der Waals surface area (Å²) in [6.45, 7) is 9.04. The first-order valence-electron chi connectivity index (χ1n) is 8.07. The molecule has 0 aliphatic rings. The van der Waals surface area contributed by atoms with Gasteiger partial charge in [0.1, 0.15) is 6.04 Å². The molecule has 0 bridgehead atoms. The van der Waals surface area contributed by atoms with Crippen molar-refractivity contribution >= 4 is 35.2 Å². The monoisotopic (exact) mass is 381 g/mol. The van der Waals surface area contributed by atoms with Crippen LogP contribution in [0, 0.1) is 0 Å². The summed E-state index contributed by atoms with van der Waals surface area (Å²) in [5, 5.41) is 17.1. The highest BCUT2D eigenvalue weighted by atomic mass is 35.5. The first-order valence-corrected chi connectivity index (χ1v) is 8.44. The number of carbonyl (C=O) groups excluding carboxylic acids is 2. The van der Waals surface area contributed by atoms with Gasteiger partial charge < -0.3 is 21.1 Å². The Hall–Kier alpha value is -2.54. The SMILES string of the molecule is C=CCCC(NC(=O)c1cc(NC(=O)NC(C)(C)C)ccc1Cl)C(=O)O. The van der Waals surface area contributed by atoms with E-state index >= 15 is 0 Å². The third-order valence-electron chi connectivity index (χ3n) is 3.22. The zero-order chi connectivity index (χ0) is 19.9. The Balaban J connectivity index is 2.91. The average Bonchev–Trinajstić information content (AvgIpc) is 2.50. The van der Waals surface area contributed by atoms with E-state index in [1.165, 1.54) is 12.1 Å². The van der Waals surface area contributed by atoms with Crippen LogP contribution < -0.4 is 16.0 Å². The van der Waals surface area contributed by atoms with Crippen LogP contribution in [0.15, 0.2) is 30.9 Å². The predicted octanol–water partition coefficient (Wildman–Crippen LogP) is 3.41. The molecule has 0 radical (unpaired) electrons. The molecule has 7 nitrogen and oxygen atoms in total. The van der Waals surface area contributed by atoms with E-state index in [9.17, 15) is 19.5 Å². The smallest absolute Gasteiger partial charge is 0.326 e. The van der Waals surface area contributed by atoms with Crippen molar-refractivity contribution in [3.05, 3.63) is 41.4 Å². The molecule has 142 valence electrons. The van der Waals surface area contributed by atoms with Gasteiger partial charge in [0.15, 0.2) is 0 Å². The van der Waals surface area contributed by atoms with Gasteiger partial charge in [-0.2, -0.15) is 0 Å². The van der Waals surface area contributed by atoms with Crippen LogP contribution in [0.1, 0.15) is 44.0 Å². The molecular weight excluding hydrogens is 358 g/mol. The second-order valence-corrected chi connectivity index (χ2v) is 7.16. The van der Waals surface area contributed by atoms with Crippen molar-refractivity contribution in [1.82, 2.24) is 10.6 Å². The summed E-state index contributed by atoms with van der Waals surface area (Å²) >= 11 is 6.05. The molecule has 0 fully saturated rings. The summed E-state index contributed by atoms with van der Waals surface area (Å²) in [4.78, 5) is 35.6. The van der Waals surface area contributed by atoms with E-state index in [0.717, 1.165) is 0 Å². The Bertz CT molecular complexity index is 698. The Kier molecular flexibility index (Phi) is 7.64. The van der Waals surface area contributed by atoms with Crippen molar-refractivity contribution in [2.75, 3.05) is 5.32 Å². The molecule has 0 aromatic heterocycles. The first kappa shape index (κ1) is 21.5. The fourth-order valence-corrected chi connectivity index (χ4v) is 2.26. The summed E-state index contributed by atoms with van der Waals surface area (Å²) in [6, 6.07) is 2.92. The molecule has 1 unspecified atom stereocenters. The average molecular weight is 382 g/mol. The predicted molar refractivity (Wildman–Crippen MR) is 102 cm³/mol. The minimum atomic E-state index is -1.14. The molecule has 1 aromatic carbocycles. The number of benzene rings is 1. The van der Waals surface area contributed by atoms with E-state index in [4.69, 9.17) is 11.6 Å². The Morgan fingerprint density at radius 3 is 2.50 bits per heavy atom. The molecule has 3 amide bonds. The van der Waals surface area contributed by atoms with Crippen molar-refractivity contribution in [1.29, 1.82) is 0 Å².